The molecule has 0 bridgehead atoms. The molecule has 1 N–H and O–H groups in total. The Morgan fingerprint density at radius 2 is 2.05 bits per heavy atom. The third kappa shape index (κ3) is 3.30. The molecule has 0 amide bonds. The van der Waals surface area contributed by atoms with E-state index >= 15 is 0 Å². The van der Waals surface area contributed by atoms with E-state index in [1.54, 1.807) is 19.4 Å². The minimum absolute atomic E-state index is 0.605. The second kappa shape index (κ2) is 6.09. The summed E-state index contributed by atoms with van der Waals surface area (Å²) in [5.41, 5.74) is 1.11. The number of hydrogen-bond donors (Lipinski definition) is 1. The predicted octanol–water partition coefficient (Wildman–Crippen LogP) is 0.839. The number of ether oxygens (including phenoxy) is 1. The summed E-state index contributed by atoms with van der Waals surface area (Å²) in [6.07, 6.45) is 3.61. The van der Waals surface area contributed by atoms with Gasteiger partial charge in [-0.3, -0.25) is 4.90 Å². The fourth-order valence-corrected chi connectivity index (χ4v) is 2.46. The number of methoxy groups -OCH3 is 1. The van der Waals surface area contributed by atoms with Crippen LogP contribution < -0.4 is 9.64 Å². The minimum Gasteiger partial charge on any atom is -0.481 e. The molecule has 1 fully saturated rings. The second-order valence-corrected chi connectivity index (χ2v) is 5.18. The highest BCUT2D eigenvalue weighted by molar-refractivity contribution is 5.32. The molecule has 1 saturated heterocycles. The van der Waals surface area contributed by atoms with Crippen LogP contribution in [0.3, 0.4) is 0 Å². The van der Waals surface area contributed by atoms with Crippen LogP contribution in [0.25, 0.3) is 0 Å². The first kappa shape index (κ1) is 13.8. The van der Waals surface area contributed by atoms with Crippen LogP contribution >= 0.6 is 0 Å². The Hall–Kier alpha value is -2.15. The van der Waals surface area contributed by atoms with Gasteiger partial charge in [-0.25, -0.2) is 9.97 Å². The SMILES string of the molecule is COc1ccnc(N2CCN(Cc3ncc(C)[nH]3)CC2)n1. The number of hydrogen-bond acceptors (Lipinski definition) is 6. The number of piperazine rings is 1. The number of aromatic amines is 1. The van der Waals surface area contributed by atoms with Gasteiger partial charge in [0.25, 0.3) is 0 Å². The number of H-pyrrole nitrogens is 1. The lowest BCUT2D eigenvalue weighted by atomic mass is 10.3. The van der Waals surface area contributed by atoms with Crippen molar-refractivity contribution in [3.63, 3.8) is 0 Å². The van der Waals surface area contributed by atoms with Crippen molar-refractivity contribution in [1.29, 1.82) is 0 Å². The Bertz CT molecular complexity index is 591. The third-order valence-electron chi connectivity index (χ3n) is 3.61. The summed E-state index contributed by atoms with van der Waals surface area (Å²) in [7, 11) is 1.62. The van der Waals surface area contributed by atoms with Gasteiger partial charge >= 0.3 is 0 Å². The summed E-state index contributed by atoms with van der Waals surface area (Å²) in [5, 5.41) is 0. The van der Waals surface area contributed by atoms with E-state index in [4.69, 9.17) is 4.74 Å². The summed E-state index contributed by atoms with van der Waals surface area (Å²) >= 11 is 0. The predicted molar refractivity (Wildman–Crippen MR) is 79.4 cm³/mol. The van der Waals surface area contributed by atoms with Crippen LogP contribution in [-0.4, -0.2) is 58.1 Å². The molecule has 2 aromatic heterocycles. The fraction of sp³-hybridized carbons (Fsp3) is 0.500. The molecule has 0 aliphatic carbocycles. The van der Waals surface area contributed by atoms with Crippen LogP contribution in [0.5, 0.6) is 5.88 Å². The molecule has 1 aliphatic heterocycles. The molecule has 21 heavy (non-hydrogen) atoms. The first-order valence-corrected chi connectivity index (χ1v) is 7.09. The van der Waals surface area contributed by atoms with Gasteiger partial charge in [-0.1, -0.05) is 0 Å². The number of nitrogens with zero attached hydrogens (tertiary/aromatic N) is 5. The van der Waals surface area contributed by atoms with Gasteiger partial charge < -0.3 is 14.6 Å². The van der Waals surface area contributed by atoms with Gasteiger partial charge in [0.1, 0.15) is 5.82 Å². The average molecular weight is 288 g/mol. The summed E-state index contributed by atoms with van der Waals surface area (Å²) in [6.45, 7) is 6.65. The molecule has 7 nitrogen and oxygen atoms in total. The van der Waals surface area contributed by atoms with Crippen molar-refractivity contribution in [3.05, 3.63) is 30.0 Å². The molecule has 3 rings (SSSR count). The Balaban J connectivity index is 1.57. The monoisotopic (exact) mass is 288 g/mol. The lowest BCUT2D eigenvalue weighted by molar-refractivity contribution is 0.243. The maximum Gasteiger partial charge on any atom is 0.228 e. The number of aromatic nitrogens is 4. The van der Waals surface area contributed by atoms with Gasteiger partial charge in [0, 0.05) is 50.3 Å². The molecule has 0 atom stereocenters. The third-order valence-corrected chi connectivity index (χ3v) is 3.61. The molecule has 0 spiro atoms. The molecule has 7 heteroatoms. The second-order valence-electron chi connectivity index (χ2n) is 5.18. The van der Waals surface area contributed by atoms with Crippen molar-refractivity contribution >= 4 is 5.95 Å². The lowest BCUT2D eigenvalue weighted by Gasteiger charge is -2.34. The van der Waals surface area contributed by atoms with Gasteiger partial charge in [0.2, 0.25) is 11.8 Å². The van der Waals surface area contributed by atoms with Crippen molar-refractivity contribution < 1.29 is 4.74 Å². The Kier molecular flexibility index (Phi) is 4.01. The van der Waals surface area contributed by atoms with Crippen LogP contribution in [0, 0.1) is 6.92 Å². The van der Waals surface area contributed by atoms with Crippen LogP contribution in [0.2, 0.25) is 0 Å². The average Bonchev–Trinajstić information content (AvgIpc) is 2.93. The molecule has 0 saturated carbocycles. The van der Waals surface area contributed by atoms with Crippen molar-refractivity contribution in [2.45, 2.75) is 13.5 Å². The Morgan fingerprint density at radius 1 is 1.24 bits per heavy atom. The molecule has 0 radical (unpaired) electrons. The Morgan fingerprint density at radius 3 is 2.71 bits per heavy atom. The van der Waals surface area contributed by atoms with Gasteiger partial charge in [0.05, 0.1) is 13.7 Å². The van der Waals surface area contributed by atoms with E-state index in [1.807, 2.05) is 13.1 Å². The lowest BCUT2D eigenvalue weighted by Crippen LogP contribution is -2.46. The van der Waals surface area contributed by atoms with E-state index in [0.717, 1.165) is 50.2 Å². The molecule has 3 heterocycles. The van der Waals surface area contributed by atoms with Gasteiger partial charge in [-0.15, -0.1) is 0 Å². The van der Waals surface area contributed by atoms with Crippen molar-refractivity contribution in [1.82, 2.24) is 24.8 Å². The van der Waals surface area contributed by atoms with E-state index in [2.05, 4.69) is 29.7 Å². The van der Waals surface area contributed by atoms with E-state index < -0.39 is 0 Å². The standard InChI is InChI=1S/C14H20N6O/c1-11-9-16-12(17-11)10-19-5-7-20(8-6-19)14-15-4-3-13(18-14)21-2/h3-4,9H,5-8,10H2,1-2H3,(H,16,17). The topological polar surface area (TPSA) is 70.2 Å². The first-order chi connectivity index (χ1) is 10.2. The summed E-state index contributed by atoms with van der Waals surface area (Å²) in [5.74, 6) is 2.37. The smallest absolute Gasteiger partial charge is 0.228 e. The quantitative estimate of drug-likeness (QED) is 0.899. The van der Waals surface area contributed by atoms with Crippen molar-refractivity contribution in [2.75, 3.05) is 38.2 Å². The number of rotatable bonds is 4. The van der Waals surface area contributed by atoms with Gasteiger partial charge in [-0.2, -0.15) is 4.98 Å². The number of imidazole rings is 1. The number of nitrogens with one attached hydrogen (secondary N) is 1. The highest BCUT2D eigenvalue weighted by Crippen LogP contribution is 2.15. The molecule has 112 valence electrons. The highest BCUT2D eigenvalue weighted by Gasteiger charge is 2.20. The van der Waals surface area contributed by atoms with Crippen LogP contribution in [0.1, 0.15) is 11.5 Å². The minimum atomic E-state index is 0.605. The Labute approximate surface area is 124 Å². The van der Waals surface area contributed by atoms with E-state index in [9.17, 15) is 0 Å². The maximum absolute atomic E-state index is 5.15. The van der Waals surface area contributed by atoms with Crippen molar-refractivity contribution in [3.8, 4) is 5.88 Å². The van der Waals surface area contributed by atoms with Gasteiger partial charge in [-0.05, 0) is 6.92 Å². The zero-order valence-corrected chi connectivity index (χ0v) is 12.4. The van der Waals surface area contributed by atoms with Crippen LogP contribution in [0.4, 0.5) is 5.95 Å². The summed E-state index contributed by atoms with van der Waals surface area (Å²) < 4.78 is 5.15. The van der Waals surface area contributed by atoms with Gasteiger partial charge in [0.15, 0.2) is 0 Å². The molecule has 0 aromatic carbocycles. The zero-order valence-electron chi connectivity index (χ0n) is 12.4. The summed E-state index contributed by atoms with van der Waals surface area (Å²) in [6, 6.07) is 1.76. The van der Waals surface area contributed by atoms with E-state index in [0.29, 0.717) is 5.88 Å². The fourth-order valence-electron chi connectivity index (χ4n) is 2.46. The largest absolute Gasteiger partial charge is 0.481 e. The zero-order chi connectivity index (χ0) is 14.7. The normalized spacial score (nSPS) is 16.2. The molecular formula is C14H20N6O. The van der Waals surface area contributed by atoms with E-state index in [1.165, 1.54) is 0 Å². The molecule has 1 aliphatic rings. The number of aryl methyl sites for hydroxylation is 1. The molecule has 2 aromatic rings. The molecule has 0 unspecified atom stereocenters. The van der Waals surface area contributed by atoms with Crippen LogP contribution in [-0.2, 0) is 6.54 Å². The van der Waals surface area contributed by atoms with Crippen molar-refractivity contribution in [2.24, 2.45) is 0 Å². The van der Waals surface area contributed by atoms with Crippen LogP contribution in [0.15, 0.2) is 18.5 Å². The molecular weight excluding hydrogens is 268 g/mol. The highest BCUT2D eigenvalue weighted by atomic mass is 16.5. The number of anilines is 1. The summed E-state index contributed by atoms with van der Waals surface area (Å²) in [4.78, 5) is 20.9. The van der Waals surface area contributed by atoms with E-state index in [-0.39, 0.29) is 0 Å². The first-order valence-electron chi connectivity index (χ1n) is 7.09. The maximum atomic E-state index is 5.15.